The van der Waals surface area contributed by atoms with Crippen LogP contribution in [0.25, 0.3) is 0 Å². The van der Waals surface area contributed by atoms with Crippen molar-refractivity contribution in [3.8, 4) is 5.75 Å². The summed E-state index contributed by atoms with van der Waals surface area (Å²) in [5.41, 5.74) is 0.431. The zero-order valence-corrected chi connectivity index (χ0v) is 12.3. The molecule has 7 heteroatoms. The van der Waals surface area contributed by atoms with Gasteiger partial charge in [0.15, 0.2) is 6.73 Å². The van der Waals surface area contributed by atoms with Crippen LogP contribution >= 0.6 is 11.6 Å². The maximum Gasteiger partial charge on any atom is 0.269 e. The van der Waals surface area contributed by atoms with Crippen LogP contribution in [0.1, 0.15) is 10.5 Å². The van der Waals surface area contributed by atoms with Crippen molar-refractivity contribution < 1.29 is 14.3 Å². The van der Waals surface area contributed by atoms with Crippen molar-refractivity contribution in [2.75, 3.05) is 20.3 Å². The Labute approximate surface area is 127 Å². The van der Waals surface area contributed by atoms with Gasteiger partial charge in [0.2, 0.25) is 0 Å². The molecular formula is C14H16ClN3O3. The summed E-state index contributed by atoms with van der Waals surface area (Å²) in [7, 11) is 1.58. The molecule has 112 valence electrons. The van der Waals surface area contributed by atoms with Crippen molar-refractivity contribution in [2.24, 2.45) is 0 Å². The van der Waals surface area contributed by atoms with Crippen LogP contribution in [0.4, 0.5) is 0 Å². The van der Waals surface area contributed by atoms with E-state index in [0.717, 1.165) is 0 Å². The van der Waals surface area contributed by atoms with Crippen molar-refractivity contribution in [3.05, 3.63) is 47.2 Å². The lowest BCUT2D eigenvalue weighted by Gasteiger charge is -2.10. The Morgan fingerprint density at radius 3 is 2.81 bits per heavy atom. The number of ether oxygens (including phenoxy) is 2. The average molecular weight is 310 g/mol. The molecule has 1 heterocycles. The van der Waals surface area contributed by atoms with Crippen LogP contribution in [-0.4, -0.2) is 35.9 Å². The van der Waals surface area contributed by atoms with E-state index < -0.39 is 0 Å². The summed E-state index contributed by atoms with van der Waals surface area (Å²) in [6.07, 6.45) is 1.55. The van der Waals surface area contributed by atoms with Gasteiger partial charge in [0.25, 0.3) is 5.91 Å². The van der Waals surface area contributed by atoms with E-state index in [9.17, 15) is 4.79 Å². The molecule has 1 N–H and O–H groups in total. The quantitative estimate of drug-likeness (QED) is 0.794. The zero-order valence-electron chi connectivity index (χ0n) is 11.6. The van der Waals surface area contributed by atoms with E-state index in [1.807, 2.05) is 0 Å². The number of amides is 1. The van der Waals surface area contributed by atoms with E-state index in [0.29, 0.717) is 29.6 Å². The van der Waals surface area contributed by atoms with Crippen LogP contribution in [0, 0.1) is 0 Å². The Bertz CT molecular complexity index is 583. The van der Waals surface area contributed by atoms with Crippen molar-refractivity contribution in [1.29, 1.82) is 0 Å². The minimum atomic E-state index is -0.218. The zero-order chi connectivity index (χ0) is 15.1. The monoisotopic (exact) mass is 309 g/mol. The molecule has 1 amide bonds. The molecule has 6 nitrogen and oxygen atoms in total. The SMILES string of the molecule is COCCNC(=O)c1ccnn1COc1ccc(Cl)cc1. The molecule has 0 aliphatic rings. The molecule has 2 aromatic rings. The highest BCUT2D eigenvalue weighted by Gasteiger charge is 2.11. The molecule has 21 heavy (non-hydrogen) atoms. The van der Waals surface area contributed by atoms with Gasteiger partial charge in [-0.2, -0.15) is 5.10 Å². The fraction of sp³-hybridized carbons (Fsp3) is 0.286. The van der Waals surface area contributed by atoms with Gasteiger partial charge < -0.3 is 14.8 Å². The lowest BCUT2D eigenvalue weighted by molar-refractivity contribution is 0.0916. The first-order chi connectivity index (χ1) is 10.2. The number of benzene rings is 1. The summed E-state index contributed by atoms with van der Waals surface area (Å²) in [6, 6.07) is 8.61. The first kappa shape index (κ1) is 15.3. The van der Waals surface area contributed by atoms with Gasteiger partial charge in [-0.1, -0.05) is 11.6 Å². The molecule has 0 saturated carbocycles. The topological polar surface area (TPSA) is 65.4 Å². The number of aromatic nitrogens is 2. The highest BCUT2D eigenvalue weighted by Crippen LogP contribution is 2.16. The largest absolute Gasteiger partial charge is 0.471 e. The van der Waals surface area contributed by atoms with Crippen LogP contribution in [0.15, 0.2) is 36.5 Å². The van der Waals surface area contributed by atoms with Gasteiger partial charge in [-0.25, -0.2) is 4.68 Å². The number of rotatable bonds is 7. The molecule has 0 fully saturated rings. The number of carbonyl (C=O) groups excluding carboxylic acids is 1. The van der Waals surface area contributed by atoms with E-state index >= 15 is 0 Å². The van der Waals surface area contributed by atoms with Gasteiger partial charge in [-0.3, -0.25) is 4.79 Å². The molecule has 0 unspecified atom stereocenters. The molecule has 0 spiro atoms. The molecule has 0 bridgehead atoms. The Morgan fingerprint density at radius 1 is 1.33 bits per heavy atom. The minimum Gasteiger partial charge on any atom is -0.471 e. The van der Waals surface area contributed by atoms with Crippen molar-refractivity contribution in [3.63, 3.8) is 0 Å². The maximum absolute atomic E-state index is 12.0. The summed E-state index contributed by atoms with van der Waals surface area (Å²) in [5, 5.41) is 7.44. The van der Waals surface area contributed by atoms with Gasteiger partial charge in [-0.15, -0.1) is 0 Å². The lowest BCUT2D eigenvalue weighted by atomic mass is 10.3. The van der Waals surface area contributed by atoms with Crippen LogP contribution < -0.4 is 10.1 Å². The van der Waals surface area contributed by atoms with E-state index in [2.05, 4.69) is 10.4 Å². The average Bonchev–Trinajstić information content (AvgIpc) is 2.95. The van der Waals surface area contributed by atoms with Gasteiger partial charge in [0.1, 0.15) is 11.4 Å². The first-order valence-corrected chi connectivity index (χ1v) is 6.76. The summed E-state index contributed by atoms with van der Waals surface area (Å²) < 4.78 is 11.9. The highest BCUT2D eigenvalue weighted by atomic mass is 35.5. The minimum absolute atomic E-state index is 0.141. The molecule has 1 aromatic carbocycles. The summed E-state index contributed by atoms with van der Waals surface area (Å²) >= 11 is 5.80. The van der Waals surface area contributed by atoms with Gasteiger partial charge in [-0.05, 0) is 30.3 Å². The lowest BCUT2D eigenvalue weighted by Crippen LogP contribution is -2.29. The van der Waals surface area contributed by atoms with E-state index in [1.54, 1.807) is 43.6 Å². The molecule has 2 rings (SSSR count). The molecule has 0 radical (unpaired) electrons. The van der Waals surface area contributed by atoms with Crippen LogP contribution in [0.2, 0.25) is 5.02 Å². The van der Waals surface area contributed by atoms with Gasteiger partial charge in [0.05, 0.1) is 6.61 Å². The first-order valence-electron chi connectivity index (χ1n) is 6.38. The van der Waals surface area contributed by atoms with E-state index in [1.165, 1.54) is 4.68 Å². The van der Waals surface area contributed by atoms with Gasteiger partial charge >= 0.3 is 0 Å². The number of nitrogens with one attached hydrogen (secondary N) is 1. The Balaban J connectivity index is 1.93. The van der Waals surface area contributed by atoms with Gasteiger partial charge in [0, 0.05) is 24.9 Å². The van der Waals surface area contributed by atoms with Crippen molar-refractivity contribution in [1.82, 2.24) is 15.1 Å². The number of methoxy groups -OCH3 is 1. The summed E-state index contributed by atoms with van der Waals surface area (Å²) in [5.74, 6) is 0.435. The van der Waals surface area contributed by atoms with Crippen LogP contribution in [0.5, 0.6) is 5.75 Å². The van der Waals surface area contributed by atoms with Crippen molar-refractivity contribution >= 4 is 17.5 Å². The molecule has 0 saturated heterocycles. The molecule has 0 aliphatic carbocycles. The molecule has 0 atom stereocenters. The maximum atomic E-state index is 12.0. The predicted octanol–water partition coefficient (Wildman–Crippen LogP) is 1.95. The third kappa shape index (κ3) is 4.47. The number of hydrogen-bond donors (Lipinski definition) is 1. The molecule has 1 aromatic heterocycles. The Hall–Kier alpha value is -2.05. The highest BCUT2D eigenvalue weighted by molar-refractivity contribution is 6.30. The fourth-order valence-corrected chi connectivity index (χ4v) is 1.78. The fourth-order valence-electron chi connectivity index (χ4n) is 1.65. The number of carbonyl (C=O) groups is 1. The number of hydrogen-bond acceptors (Lipinski definition) is 4. The van der Waals surface area contributed by atoms with Crippen LogP contribution in [0.3, 0.4) is 0 Å². The second kappa shape index (κ2) is 7.66. The smallest absolute Gasteiger partial charge is 0.269 e. The molecule has 0 aliphatic heterocycles. The predicted molar refractivity (Wildman–Crippen MR) is 78.5 cm³/mol. The van der Waals surface area contributed by atoms with Crippen LogP contribution in [-0.2, 0) is 11.5 Å². The number of nitrogens with zero attached hydrogens (tertiary/aromatic N) is 2. The number of halogens is 1. The van der Waals surface area contributed by atoms with E-state index in [4.69, 9.17) is 21.1 Å². The Kier molecular flexibility index (Phi) is 5.59. The molecular weight excluding hydrogens is 294 g/mol. The normalized spacial score (nSPS) is 10.4. The second-order valence-electron chi connectivity index (χ2n) is 4.19. The second-order valence-corrected chi connectivity index (χ2v) is 4.63. The van der Waals surface area contributed by atoms with E-state index in [-0.39, 0.29) is 12.6 Å². The third-order valence-electron chi connectivity index (χ3n) is 2.71. The Morgan fingerprint density at radius 2 is 2.10 bits per heavy atom. The third-order valence-corrected chi connectivity index (χ3v) is 2.96. The summed E-state index contributed by atoms with van der Waals surface area (Å²) in [4.78, 5) is 12.0. The van der Waals surface area contributed by atoms with Crippen molar-refractivity contribution in [2.45, 2.75) is 6.73 Å². The standard InChI is InChI=1S/C14H16ClN3O3/c1-20-9-8-16-14(19)13-6-7-17-18(13)10-21-12-4-2-11(15)3-5-12/h2-7H,8-10H2,1H3,(H,16,19). The summed E-state index contributed by atoms with van der Waals surface area (Å²) in [6.45, 7) is 1.04.